The van der Waals surface area contributed by atoms with E-state index in [-0.39, 0.29) is 0 Å². The van der Waals surface area contributed by atoms with Crippen molar-refractivity contribution >= 4 is 0 Å². The fourth-order valence-corrected chi connectivity index (χ4v) is 2.21. The van der Waals surface area contributed by atoms with Gasteiger partial charge in [0.05, 0.1) is 18.3 Å². The number of ether oxygens (including phenoxy) is 1. The van der Waals surface area contributed by atoms with E-state index in [2.05, 4.69) is 15.6 Å². The third-order valence-electron chi connectivity index (χ3n) is 3.40. The van der Waals surface area contributed by atoms with Gasteiger partial charge in [0.2, 0.25) is 0 Å². The summed E-state index contributed by atoms with van der Waals surface area (Å²) in [5.74, 6) is 0. The van der Waals surface area contributed by atoms with Crippen LogP contribution in [0.3, 0.4) is 0 Å². The lowest BCUT2D eigenvalue weighted by atomic mass is 10.1. The Labute approximate surface area is 102 Å². The monoisotopic (exact) mass is 236 g/mol. The van der Waals surface area contributed by atoms with Crippen molar-refractivity contribution in [2.45, 2.75) is 57.3 Å². The van der Waals surface area contributed by atoms with Crippen LogP contribution in [-0.2, 0) is 17.8 Å². The van der Waals surface area contributed by atoms with Crippen molar-refractivity contribution < 1.29 is 4.74 Å². The lowest BCUT2D eigenvalue weighted by Gasteiger charge is -2.21. The molecule has 0 spiro atoms. The van der Waals surface area contributed by atoms with Crippen LogP contribution in [0, 0.1) is 0 Å². The van der Waals surface area contributed by atoms with Crippen molar-refractivity contribution in [1.29, 1.82) is 0 Å². The first-order valence-electron chi connectivity index (χ1n) is 6.64. The Morgan fingerprint density at radius 2 is 2.29 bits per heavy atom. The minimum absolute atomic E-state index is 0.328. The molecule has 5 nitrogen and oxygen atoms in total. The molecule has 1 saturated heterocycles. The second kappa shape index (κ2) is 5.14. The average molecular weight is 236 g/mol. The van der Waals surface area contributed by atoms with Gasteiger partial charge in [-0.3, -0.25) is 0 Å². The number of nitrogens with zero attached hydrogens (tertiary/aromatic N) is 3. The largest absolute Gasteiger partial charge is 0.376 e. The molecule has 0 radical (unpaired) electrons. The highest BCUT2D eigenvalue weighted by Crippen LogP contribution is 2.19. The van der Waals surface area contributed by atoms with Crippen molar-refractivity contribution in [2.75, 3.05) is 6.61 Å². The summed E-state index contributed by atoms with van der Waals surface area (Å²) in [5, 5.41) is 11.8. The second-order valence-electron chi connectivity index (χ2n) is 5.08. The van der Waals surface area contributed by atoms with Crippen molar-refractivity contribution in [3.8, 4) is 0 Å². The Hall–Kier alpha value is -0.940. The molecule has 2 aliphatic rings. The first-order valence-corrected chi connectivity index (χ1v) is 6.64. The molecule has 1 saturated carbocycles. The first-order chi connectivity index (χ1) is 8.40. The minimum Gasteiger partial charge on any atom is -0.376 e. The fraction of sp³-hybridized carbons (Fsp3) is 0.833. The van der Waals surface area contributed by atoms with Crippen LogP contribution in [0.1, 0.15) is 37.8 Å². The predicted molar refractivity (Wildman–Crippen MR) is 63.5 cm³/mol. The SMILES string of the molecule is c1c(CNC2CC2)nnn1CC1CCCCO1. The number of aromatic nitrogens is 3. The zero-order chi connectivity index (χ0) is 11.5. The lowest BCUT2D eigenvalue weighted by Crippen LogP contribution is -2.24. The van der Waals surface area contributed by atoms with Crippen LogP contribution >= 0.6 is 0 Å². The Bertz CT molecular complexity index is 355. The van der Waals surface area contributed by atoms with Gasteiger partial charge in [-0.25, -0.2) is 4.68 Å². The molecule has 2 fully saturated rings. The molecule has 5 heteroatoms. The van der Waals surface area contributed by atoms with E-state index in [0.29, 0.717) is 6.10 Å². The molecule has 0 aromatic carbocycles. The molecule has 1 aromatic rings. The van der Waals surface area contributed by atoms with Crippen molar-refractivity contribution in [3.05, 3.63) is 11.9 Å². The van der Waals surface area contributed by atoms with E-state index in [4.69, 9.17) is 4.74 Å². The van der Waals surface area contributed by atoms with Gasteiger partial charge in [-0.15, -0.1) is 5.10 Å². The molecule has 17 heavy (non-hydrogen) atoms. The van der Waals surface area contributed by atoms with Gasteiger partial charge in [-0.05, 0) is 32.1 Å². The lowest BCUT2D eigenvalue weighted by molar-refractivity contribution is 0.00370. The molecular weight excluding hydrogens is 216 g/mol. The van der Waals surface area contributed by atoms with Crippen molar-refractivity contribution in [2.24, 2.45) is 0 Å². The summed E-state index contributed by atoms with van der Waals surface area (Å²) in [6.07, 6.45) is 8.60. The van der Waals surface area contributed by atoms with Gasteiger partial charge in [-0.1, -0.05) is 5.21 Å². The molecule has 0 amide bonds. The van der Waals surface area contributed by atoms with Crippen LogP contribution in [0.5, 0.6) is 0 Å². The van der Waals surface area contributed by atoms with Crippen molar-refractivity contribution in [1.82, 2.24) is 20.3 Å². The van der Waals surface area contributed by atoms with E-state index in [1.165, 1.54) is 25.7 Å². The maximum atomic E-state index is 5.70. The molecular formula is C12H20N4O. The summed E-state index contributed by atoms with van der Waals surface area (Å²) in [6.45, 7) is 2.59. The van der Waals surface area contributed by atoms with E-state index in [0.717, 1.165) is 37.9 Å². The molecule has 2 heterocycles. The zero-order valence-electron chi connectivity index (χ0n) is 10.1. The smallest absolute Gasteiger partial charge is 0.0964 e. The molecule has 1 aliphatic carbocycles. The van der Waals surface area contributed by atoms with E-state index in [1.54, 1.807) is 0 Å². The highest BCUT2D eigenvalue weighted by atomic mass is 16.5. The Balaban J connectivity index is 1.48. The van der Waals surface area contributed by atoms with Crippen LogP contribution in [0.25, 0.3) is 0 Å². The van der Waals surface area contributed by atoms with Gasteiger partial charge in [0.25, 0.3) is 0 Å². The van der Waals surface area contributed by atoms with E-state index in [1.807, 2.05) is 10.9 Å². The molecule has 1 N–H and O–H groups in total. The van der Waals surface area contributed by atoms with E-state index >= 15 is 0 Å². The topological polar surface area (TPSA) is 52.0 Å². The van der Waals surface area contributed by atoms with Crippen LogP contribution < -0.4 is 5.32 Å². The Morgan fingerprint density at radius 1 is 1.35 bits per heavy atom. The standard InChI is InChI=1S/C12H20N4O/c1-2-6-17-12(3-1)9-16-8-11(14-15-16)7-13-10-4-5-10/h8,10,12-13H,1-7,9H2. The quantitative estimate of drug-likeness (QED) is 0.831. The average Bonchev–Trinajstić information content (AvgIpc) is 3.09. The normalized spacial score (nSPS) is 25.1. The fourth-order valence-electron chi connectivity index (χ4n) is 2.21. The van der Waals surface area contributed by atoms with Crippen LogP contribution in [0.2, 0.25) is 0 Å². The number of rotatable bonds is 5. The summed E-state index contributed by atoms with van der Waals surface area (Å²) in [4.78, 5) is 0. The minimum atomic E-state index is 0.328. The molecule has 1 atom stereocenters. The maximum Gasteiger partial charge on any atom is 0.0964 e. The van der Waals surface area contributed by atoms with Crippen LogP contribution in [0.15, 0.2) is 6.20 Å². The Kier molecular flexibility index (Phi) is 3.38. The van der Waals surface area contributed by atoms with Crippen molar-refractivity contribution in [3.63, 3.8) is 0 Å². The summed E-state index contributed by atoms with van der Waals surface area (Å²) in [6, 6.07) is 0.724. The molecule has 94 valence electrons. The van der Waals surface area contributed by atoms with Crippen LogP contribution in [-0.4, -0.2) is 33.7 Å². The van der Waals surface area contributed by atoms with Crippen LogP contribution in [0.4, 0.5) is 0 Å². The number of hydrogen-bond donors (Lipinski definition) is 1. The third-order valence-corrected chi connectivity index (χ3v) is 3.40. The Morgan fingerprint density at radius 3 is 3.06 bits per heavy atom. The number of nitrogens with one attached hydrogen (secondary N) is 1. The molecule has 3 rings (SSSR count). The highest BCUT2D eigenvalue weighted by molar-refractivity contribution is 4.94. The van der Waals surface area contributed by atoms with E-state index < -0.39 is 0 Å². The van der Waals surface area contributed by atoms with Gasteiger partial charge < -0.3 is 10.1 Å². The van der Waals surface area contributed by atoms with Gasteiger partial charge in [0, 0.05) is 25.4 Å². The molecule has 1 aliphatic heterocycles. The summed E-state index contributed by atoms with van der Waals surface area (Å²) in [7, 11) is 0. The summed E-state index contributed by atoms with van der Waals surface area (Å²) in [5.41, 5.74) is 1.03. The van der Waals surface area contributed by atoms with Gasteiger partial charge in [0.1, 0.15) is 0 Å². The zero-order valence-corrected chi connectivity index (χ0v) is 10.1. The molecule has 1 aromatic heterocycles. The summed E-state index contributed by atoms with van der Waals surface area (Å²) < 4.78 is 7.61. The third kappa shape index (κ3) is 3.26. The molecule has 1 unspecified atom stereocenters. The van der Waals surface area contributed by atoms with Gasteiger partial charge in [0.15, 0.2) is 0 Å². The predicted octanol–water partition coefficient (Wildman–Crippen LogP) is 1.10. The second-order valence-corrected chi connectivity index (χ2v) is 5.08. The van der Waals surface area contributed by atoms with Gasteiger partial charge in [-0.2, -0.15) is 0 Å². The van der Waals surface area contributed by atoms with E-state index in [9.17, 15) is 0 Å². The summed E-state index contributed by atoms with van der Waals surface area (Å²) >= 11 is 0. The highest BCUT2D eigenvalue weighted by Gasteiger charge is 2.20. The molecule has 0 bridgehead atoms. The maximum absolute atomic E-state index is 5.70. The number of hydrogen-bond acceptors (Lipinski definition) is 4. The van der Waals surface area contributed by atoms with Gasteiger partial charge >= 0.3 is 0 Å². The first kappa shape index (κ1) is 11.2.